The first kappa shape index (κ1) is 11.5. The number of rotatable bonds is 4. The Balaban J connectivity index is 3.88. The third-order valence-corrected chi connectivity index (χ3v) is 1.72. The maximum atomic E-state index is 5.29. The average Bonchev–Trinajstić information content (AvgIpc) is 1.84. The Morgan fingerprint density at radius 1 is 1.42 bits per heavy atom. The van der Waals surface area contributed by atoms with E-state index in [0.717, 1.165) is 19.4 Å². The second-order valence-corrected chi connectivity index (χ2v) is 4.43. The molecule has 0 rings (SSSR count). The summed E-state index contributed by atoms with van der Waals surface area (Å²) in [5.74, 6) is 2.71. The van der Waals surface area contributed by atoms with Gasteiger partial charge in [-0.05, 0) is 18.4 Å². The van der Waals surface area contributed by atoms with Crippen LogP contribution in [0.15, 0.2) is 0 Å². The van der Waals surface area contributed by atoms with Crippen molar-refractivity contribution in [2.75, 3.05) is 6.54 Å². The number of hydrogen-bond acceptors (Lipinski definition) is 1. The molecule has 12 heavy (non-hydrogen) atoms. The van der Waals surface area contributed by atoms with Gasteiger partial charge in [-0.15, -0.1) is 12.3 Å². The molecule has 1 nitrogen and oxygen atoms in total. The molecule has 0 fully saturated rings. The molecule has 0 saturated carbocycles. The second kappa shape index (κ2) is 5.22. The topological polar surface area (TPSA) is 12.0 Å². The fourth-order valence-corrected chi connectivity index (χ4v) is 1.39. The minimum absolute atomic E-state index is 0.365. The minimum atomic E-state index is 0.365. The summed E-state index contributed by atoms with van der Waals surface area (Å²) in [5.41, 5.74) is 0.365. The molecule has 1 unspecified atom stereocenters. The van der Waals surface area contributed by atoms with Crippen molar-refractivity contribution in [1.29, 1.82) is 0 Å². The van der Waals surface area contributed by atoms with Crippen LogP contribution in [0.4, 0.5) is 0 Å². The lowest BCUT2D eigenvalue weighted by molar-refractivity contribution is 0.313. The highest BCUT2D eigenvalue weighted by molar-refractivity contribution is 4.91. The van der Waals surface area contributed by atoms with E-state index in [1.807, 2.05) is 0 Å². The second-order valence-electron chi connectivity index (χ2n) is 4.43. The van der Waals surface area contributed by atoms with Crippen LogP contribution in [0.25, 0.3) is 0 Å². The molecule has 70 valence electrons. The van der Waals surface area contributed by atoms with E-state index in [1.165, 1.54) is 0 Å². The zero-order valence-corrected chi connectivity index (χ0v) is 8.78. The third-order valence-electron chi connectivity index (χ3n) is 1.72. The predicted octanol–water partition coefficient (Wildman–Crippen LogP) is 2.42. The SMILES string of the molecule is C#CCC(CC(C)(C)C)NCC. The summed E-state index contributed by atoms with van der Waals surface area (Å²) in [6.07, 6.45) is 7.27. The Morgan fingerprint density at radius 3 is 2.33 bits per heavy atom. The Kier molecular flexibility index (Phi) is 5.01. The molecular formula is C11H21N. The van der Waals surface area contributed by atoms with Crippen LogP contribution in [-0.2, 0) is 0 Å². The van der Waals surface area contributed by atoms with Crippen LogP contribution in [0.1, 0.15) is 40.5 Å². The van der Waals surface area contributed by atoms with Gasteiger partial charge in [-0.3, -0.25) is 0 Å². The lowest BCUT2D eigenvalue weighted by Crippen LogP contribution is -2.32. The standard InChI is InChI=1S/C11H21N/c1-6-8-10(12-7-2)9-11(3,4)5/h1,10,12H,7-9H2,2-5H3. The molecule has 0 saturated heterocycles. The number of nitrogens with one attached hydrogen (secondary N) is 1. The quantitative estimate of drug-likeness (QED) is 0.634. The largest absolute Gasteiger partial charge is 0.313 e. The molecule has 0 aliphatic carbocycles. The maximum absolute atomic E-state index is 5.29. The highest BCUT2D eigenvalue weighted by Crippen LogP contribution is 2.21. The van der Waals surface area contributed by atoms with Crippen LogP contribution in [-0.4, -0.2) is 12.6 Å². The molecule has 0 spiro atoms. The lowest BCUT2D eigenvalue weighted by Gasteiger charge is -2.25. The molecular weight excluding hydrogens is 146 g/mol. The van der Waals surface area contributed by atoms with Crippen LogP contribution in [0.5, 0.6) is 0 Å². The van der Waals surface area contributed by atoms with Crippen molar-refractivity contribution in [3.05, 3.63) is 0 Å². The van der Waals surface area contributed by atoms with E-state index < -0.39 is 0 Å². The Labute approximate surface area is 76.9 Å². The van der Waals surface area contributed by atoms with Crippen LogP contribution < -0.4 is 5.32 Å². The summed E-state index contributed by atoms with van der Waals surface area (Å²) in [4.78, 5) is 0. The predicted molar refractivity (Wildman–Crippen MR) is 55.0 cm³/mol. The van der Waals surface area contributed by atoms with Crippen molar-refractivity contribution < 1.29 is 0 Å². The zero-order valence-electron chi connectivity index (χ0n) is 8.78. The Morgan fingerprint density at radius 2 is 2.00 bits per heavy atom. The maximum Gasteiger partial charge on any atom is 0.0240 e. The Bertz CT molecular complexity index is 147. The average molecular weight is 167 g/mol. The molecule has 0 aliphatic rings. The minimum Gasteiger partial charge on any atom is -0.313 e. The molecule has 1 heteroatoms. The summed E-state index contributed by atoms with van der Waals surface area (Å²) in [5, 5.41) is 3.40. The van der Waals surface area contributed by atoms with Gasteiger partial charge in [0.2, 0.25) is 0 Å². The van der Waals surface area contributed by atoms with Gasteiger partial charge in [-0.1, -0.05) is 27.7 Å². The van der Waals surface area contributed by atoms with Gasteiger partial charge in [0.15, 0.2) is 0 Å². The van der Waals surface area contributed by atoms with Crippen molar-refractivity contribution in [2.24, 2.45) is 5.41 Å². The fraction of sp³-hybridized carbons (Fsp3) is 0.818. The molecule has 0 aromatic heterocycles. The molecule has 0 heterocycles. The number of hydrogen-bond donors (Lipinski definition) is 1. The first-order chi connectivity index (χ1) is 5.49. The summed E-state index contributed by atoms with van der Waals surface area (Å²) >= 11 is 0. The van der Waals surface area contributed by atoms with E-state index in [4.69, 9.17) is 6.42 Å². The summed E-state index contributed by atoms with van der Waals surface area (Å²) in [6.45, 7) is 9.85. The molecule has 0 aliphatic heterocycles. The first-order valence-electron chi connectivity index (χ1n) is 4.66. The van der Waals surface area contributed by atoms with E-state index in [2.05, 4.69) is 38.9 Å². The van der Waals surface area contributed by atoms with Gasteiger partial charge in [0.05, 0.1) is 0 Å². The van der Waals surface area contributed by atoms with E-state index >= 15 is 0 Å². The molecule has 0 aromatic rings. The monoisotopic (exact) mass is 167 g/mol. The van der Waals surface area contributed by atoms with Crippen LogP contribution in [0.3, 0.4) is 0 Å². The summed E-state index contributed by atoms with van der Waals surface area (Å²) in [6, 6.07) is 0.486. The van der Waals surface area contributed by atoms with E-state index in [9.17, 15) is 0 Å². The summed E-state index contributed by atoms with van der Waals surface area (Å²) < 4.78 is 0. The molecule has 1 N–H and O–H groups in total. The molecule has 0 radical (unpaired) electrons. The fourth-order valence-electron chi connectivity index (χ4n) is 1.39. The van der Waals surface area contributed by atoms with Crippen molar-refractivity contribution in [3.63, 3.8) is 0 Å². The van der Waals surface area contributed by atoms with Crippen molar-refractivity contribution in [3.8, 4) is 12.3 Å². The van der Waals surface area contributed by atoms with E-state index in [-0.39, 0.29) is 0 Å². The van der Waals surface area contributed by atoms with Gasteiger partial charge in [0.1, 0.15) is 0 Å². The van der Waals surface area contributed by atoms with Gasteiger partial charge >= 0.3 is 0 Å². The lowest BCUT2D eigenvalue weighted by atomic mass is 9.87. The van der Waals surface area contributed by atoms with Gasteiger partial charge in [-0.2, -0.15) is 0 Å². The van der Waals surface area contributed by atoms with Gasteiger partial charge in [0.25, 0.3) is 0 Å². The Hall–Kier alpha value is -0.480. The highest BCUT2D eigenvalue weighted by atomic mass is 14.9. The van der Waals surface area contributed by atoms with Crippen LogP contribution in [0, 0.1) is 17.8 Å². The van der Waals surface area contributed by atoms with E-state index in [0.29, 0.717) is 11.5 Å². The highest BCUT2D eigenvalue weighted by Gasteiger charge is 2.16. The first-order valence-corrected chi connectivity index (χ1v) is 4.66. The third kappa shape index (κ3) is 6.24. The van der Waals surface area contributed by atoms with Gasteiger partial charge in [-0.25, -0.2) is 0 Å². The van der Waals surface area contributed by atoms with Gasteiger partial charge in [0, 0.05) is 12.5 Å². The van der Waals surface area contributed by atoms with Crippen molar-refractivity contribution in [2.45, 2.75) is 46.6 Å². The number of terminal acetylenes is 1. The molecule has 1 atom stereocenters. The smallest absolute Gasteiger partial charge is 0.0240 e. The van der Waals surface area contributed by atoms with Gasteiger partial charge < -0.3 is 5.32 Å². The zero-order chi connectivity index (χ0) is 9.61. The van der Waals surface area contributed by atoms with Crippen LogP contribution >= 0.6 is 0 Å². The van der Waals surface area contributed by atoms with Crippen LogP contribution in [0.2, 0.25) is 0 Å². The van der Waals surface area contributed by atoms with E-state index in [1.54, 1.807) is 0 Å². The van der Waals surface area contributed by atoms with Crippen molar-refractivity contribution >= 4 is 0 Å². The normalized spacial score (nSPS) is 13.9. The summed E-state index contributed by atoms with van der Waals surface area (Å²) in [7, 11) is 0. The molecule has 0 amide bonds. The molecule has 0 aromatic carbocycles. The molecule has 0 bridgehead atoms. The van der Waals surface area contributed by atoms with Crippen molar-refractivity contribution in [1.82, 2.24) is 5.32 Å².